The number of aromatic nitrogens is 1. The van der Waals surface area contributed by atoms with Crippen molar-refractivity contribution in [2.45, 2.75) is 13.3 Å². The maximum absolute atomic E-state index is 12.8. The van der Waals surface area contributed by atoms with Crippen LogP contribution in [0.5, 0.6) is 17.2 Å². The van der Waals surface area contributed by atoms with Gasteiger partial charge < -0.3 is 24.1 Å². The number of amides is 1. The molecular formula is C23H26N2O4. The summed E-state index contributed by atoms with van der Waals surface area (Å²) in [5, 5.41) is 3.06. The molecule has 0 aliphatic heterocycles. The third-order valence-electron chi connectivity index (χ3n) is 4.85. The van der Waals surface area contributed by atoms with Crippen LogP contribution in [0.3, 0.4) is 0 Å². The Morgan fingerprint density at radius 1 is 0.966 bits per heavy atom. The number of hydrogen-bond acceptors (Lipinski definition) is 4. The van der Waals surface area contributed by atoms with Crippen LogP contribution in [0.2, 0.25) is 0 Å². The number of methoxy groups -OCH3 is 3. The fraction of sp³-hybridized carbons (Fsp3) is 0.261. The maximum Gasteiger partial charge on any atom is 0.230 e. The van der Waals surface area contributed by atoms with E-state index in [4.69, 9.17) is 14.2 Å². The van der Waals surface area contributed by atoms with E-state index >= 15 is 0 Å². The summed E-state index contributed by atoms with van der Waals surface area (Å²) in [7, 11) is 6.74. The average Bonchev–Trinajstić information content (AvgIpc) is 3.01. The number of anilines is 1. The fourth-order valence-electron chi connectivity index (χ4n) is 3.40. The molecule has 0 fully saturated rings. The molecule has 0 unspecified atom stereocenters. The number of benzene rings is 2. The summed E-state index contributed by atoms with van der Waals surface area (Å²) in [6.45, 7) is 2.03. The molecular weight excluding hydrogens is 368 g/mol. The number of aryl methyl sites for hydroxylation is 2. The summed E-state index contributed by atoms with van der Waals surface area (Å²) in [5.41, 5.74) is 3.88. The molecule has 3 aromatic rings. The number of ether oxygens (including phenoxy) is 3. The van der Waals surface area contributed by atoms with Gasteiger partial charge in [-0.05, 0) is 36.2 Å². The molecule has 2 aromatic carbocycles. The third kappa shape index (κ3) is 4.37. The summed E-state index contributed by atoms with van der Waals surface area (Å²) < 4.78 is 17.8. The van der Waals surface area contributed by atoms with E-state index in [1.807, 2.05) is 61.1 Å². The second-order valence-electron chi connectivity index (χ2n) is 6.78. The van der Waals surface area contributed by atoms with E-state index in [0.717, 1.165) is 33.8 Å². The lowest BCUT2D eigenvalue weighted by atomic mass is 10.0. The molecule has 0 aliphatic carbocycles. The highest BCUT2D eigenvalue weighted by molar-refractivity contribution is 5.96. The average molecular weight is 394 g/mol. The van der Waals surface area contributed by atoms with Gasteiger partial charge in [-0.2, -0.15) is 0 Å². The molecule has 3 rings (SSSR count). The van der Waals surface area contributed by atoms with Crippen molar-refractivity contribution >= 4 is 11.7 Å². The van der Waals surface area contributed by atoms with Crippen LogP contribution < -0.4 is 19.5 Å². The van der Waals surface area contributed by atoms with Crippen LogP contribution in [0.1, 0.15) is 11.1 Å². The van der Waals surface area contributed by atoms with E-state index in [0.29, 0.717) is 11.5 Å². The lowest BCUT2D eigenvalue weighted by Crippen LogP contribution is -2.17. The standard InChI is InChI=1S/C23H26N2O4/c1-15-14-25(2)23(22(15)16-6-9-18(27-3)10-7-16)24-21(26)12-17-8-11-19(28-4)13-20(17)29-5/h6-11,13-14H,12H2,1-5H3,(H,24,26). The number of carbonyl (C=O) groups is 1. The molecule has 1 amide bonds. The molecule has 1 heterocycles. The topological polar surface area (TPSA) is 61.7 Å². The summed E-state index contributed by atoms with van der Waals surface area (Å²) in [6, 6.07) is 13.2. The summed E-state index contributed by atoms with van der Waals surface area (Å²) in [6.07, 6.45) is 2.20. The van der Waals surface area contributed by atoms with Gasteiger partial charge in [-0.25, -0.2) is 0 Å². The predicted molar refractivity (Wildman–Crippen MR) is 114 cm³/mol. The van der Waals surface area contributed by atoms with Crippen LogP contribution in [-0.2, 0) is 18.3 Å². The molecule has 0 aliphatic rings. The van der Waals surface area contributed by atoms with Gasteiger partial charge in [0.05, 0.1) is 27.8 Å². The first kappa shape index (κ1) is 20.3. The van der Waals surface area contributed by atoms with Crippen molar-refractivity contribution in [3.05, 3.63) is 59.8 Å². The van der Waals surface area contributed by atoms with Crippen LogP contribution in [0.15, 0.2) is 48.7 Å². The third-order valence-corrected chi connectivity index (χ3v) is 4.85. The van der Waals surface area contributed by atoms with Gasteiger partial charge in [-0.1, -0.05) is 18.2 Å². The number of nitrogens with zero attached hydrogens (tertiary/aromatic N) is 1. The van der Waals surface area contributed by atoms with Gasteiger partial charge in [-0.3, -0.25) is 4.79 Å². The molecule has 0 saturated carbocycles. The maximum atomic E-state index is 12.8. The predicted octanol–water partition coefficient (Wildman–Crippen LogP) is 4.21. The van der Waals surface area contributed by atoms with Crippen molar-refractivity contribution in [1.29, 1.82) is 0 Å². The normalized spacial score (nSPS) is 10.5. The van der Waals surface area contributed by atoms with E-state index in [-0.39, 0.29) is 12.3 Å². The van der Waals surface area contributed by atoms with Crippen LogP contribution >= 0.6 is 0 Å². The van der Waals surface area contributed by atoms with Crippen molar-refractivity contribution in [3.63, 3.8) is 0 Å². The van der Waals surface area contributed by atoms with Gasteiger partial charge in [0, 0.05) is 30.4 Å². The van der Waals surface area contributed by atoms with E-state index in [9.17, 15) is 4.79 Å². The minimum absolute atomic E-state index is 0.121. The van der Waals surface area contributed by atoms with E-state index in [1.54, 1.807) is 27.4 Å². The van der Waals surface area contributed by atoms with E-state index < -0.39 is 0 Å². The Kier molecular flexibility index (Phi) is 6.12. The summed E-state index contributed by atoms with van der Waals surface area (Å²) >= 11 is 0. The molecule has 0 saturated heterocycles. The monoisotopic (exact) mass is 394 g/mol. The molecule has 29 heavy (non-hydrogen) atoms. The molecule has 6 heteroatoms. The fourth-order valence-corrected chi connectivity index (χ4v) is 3.40. The van der Waals surface area contributed by atoms with Crippen LogP contribution in [0.25, 0.3) is 11.1 Å². The van der Waals surface area contributed by atoms with Crippen LogP contribution in [-0.4, -0.2) is 31.8 Å². The van der Waals surface area contributed by atoms with E-state index in [1.165, 1.54) is 0 Å². The van der Waals surface area contributed by atoms with Crippen LogP contribution in [0.4, 0.5) is 5.82 Å². The number of hydrogen-bond donors (Lipinski definition) is 1. The van der Waals surface area contributed by atoms with Crippen molar-refractivity contribution in [2.24, 2.45) is 7.05 Å². The second kappa shape index (κ2) is 8.73. The Labute approximate surface area is 171 Å². The Balaban J connectivity index is 1.86. The van der Waals surface area contributed by atoms with Gasteiger partial charge in [0.25, 0.3) is 0 Å². The Morgan fingerprint density at radius 3 is 2.24 bits per heavy atom. The number of nitrogens with one attached hydrogen (secondary N) is 1. The zero-order valence-corrected chi connectivity index (χ0v) is 17.4. The number of carbonyl (C=O) groups excluding carboxylic acids is 1. The molecule has 152 valence electrons. The second-order valence-corrected chi connectivity index (χ2v) is 6.78. The zero-order valence-electron chi connectivity index (χ0n) is 17.4. The van der Waals surface area contributed by atoms with Gasteiger partial charge in [-0.15, -0.1) is 0 Å². The van der Waals surface area contributed by atoms with Gasteiger partial charge in [0.1, 0.15) is 23.1 Å². The lowest BCUT2D eigenvalue weighted by Gasteiger charge is -2.13. The minimum Gasteiger partial charge on any atom is -0.497 e. The molecule has 0 spiro atoms. The number of rotatable bonds is 7. The lowest BCUT2D eigenvalue weighted by molar-refractivity contribution is -0.115. The largest absolute Gasteiger partial charge is 0.497 e. The van der Waals surface area contributed by atoms with E-state index in [2.05, 4.69) is 5.32 Å². The molecule has 6 nitrogen and oxygen atoms in total. The van der Waals surface area contributed by atoms with Crippen molar-refractivity contribution < 1.29 is 19.0 Å². The van der Waals surface area contributed by atoms with Gasteiger partial charge >= 0.3 is 0 Å². The smallest absolute Gasteiger partial charge is 0.230 e. The Hall–Kier alpha value is -3.41. The van der Waals surface area contributed by atoms with Crippen molar-refractivity contribution in [1.82, 2.24) is 4.57 Å². The van der Waals surface area contributed by atoms with Crippen molar-refractivity contribution in [3.8, 4) is 28.4 Å². The highest BCUT2D eigenvalue weighted by Gasteiger charge is 2.17. The Bertz CT molecular complexity index is 1010. The molecule has 1 N–H and O–H groups in total. The summed E-state index contributed by atoms with van der Waals surface area (Å²) in [4.78, 5) is 12.8. The summed E-state index contributed by atoms with van der Waals surface area (Å²) in [5.74, 6) is 2.73. The molecule has 1 aromatic heterocycles. The van der Waals surface area contributed by atoms with Crippen LogP contribution in [0, 0.1) is 6.92 Å². The first-order chi connectivity index (χ1) is 14.0. The SMILES string of the molecule is COc1ccc(-c2c(C)cn(C)c2NC(=O)Cc2ccc(OC)cc2OC)cc1. The van der Waals surface area contributed by atoms with Gasteiger partial charge in [0.15, 0.2) is 0 Å². The molecule has 0 bridgehead atoms. The first-order valence-corrected chi connectivity index (χ1v) is 9.28. The van der Waals surface area contributed by atoms with Gasteiger partial charge in [0.2, 0.25) is 5.91 Å². The van der Waals surface area contributed by atoms with Crippen molar-refractivity contribution in [2.75, 3.05) is 26.6 Å². The highest BCUT2D eigenvalue weighted by Crippen LogP contribution is 2.34. The zero-order chi connectivity index (χ0) is 21.0. The highest BCUT2D eigenvalue weighted by atomic mass is 16.5. The first-order valence-electron chi connectivity index (χ1n) is 9.28. The molecule has 0 atom stereocenters. The minimum atomic E-state index is -0.121. The quantitative estimate of drug-likeness (QED) is 0.652. The Morgan fingerprint density at radius 2 is 1.62 bits per heavy atom. The molecule has 0 radical (unpaired) electrons.